The van der Waals surface area contributed by atoms with Crippen LogP contribution in [0.15, 0.2) is 54.6 Å². The van der Waals surface area contributed by atoms with E-state index in [0.29, 0.717) is 18.7 Å². The molecule has 15 atom stereocenters. The van der Waals surface area contributed by atoms with Gasteiger partial charge in [-0.25, -0.2) is 0 Å². The molecular formula is C36H49NO17. The first-order valence-electron chi connectivity index (χ1n) is 17.5. The second-order valence-electron chi connectivity index (χ2n) is 13.2. The Morgan fingerprint density at radius 3 is 1.76 bits per heavy atom. The highest BCUT2D eigenvalue weighted by Gasteiger charge is 2.54. The summed E-state index contributed by atoms with van der Waals surface area (Å²) in [6.07, 6.45) is -20.5. The molecule has 0 saturated carbocycles. The molecule has 0 unspecified atom stereocenters. The van der Waals surface area contributed by atoms with Crippen molar-refractivity contribution in [1.29, 1.82) is 0 Å². The second-order valence-corrected chi connectivity index (χ2v) is 13.2. The van der Waals surface area contributed by atoms with Crippen LogP contribution in [-0.4, -0.2) is 171 Å². The maximum absolute atomic E-state index is 12.3. The molecule has 2 aromatic carbocycles. The third-order valence-corrected chi connectivity index (χ3v) is 9.47. The van der Waals surface area contributed by atoms with Crippen LogP contribution in [0, 0.1) is 0 Å². The number of methoxy groups -OCH3 is 1. The third-order valence-electron chi connectivity index (χ3n) is 9.47. The van der Waals surface area contributed by atoms with Crippen molar-refractivity contribution in [2.75, 3.05) is 26.9 Å². The molecule has 18 heteroatoms. The summed E-state index contributed by atoms with van der Waals surface area (Å²) < 4.78 is 40.2. The summed E-state index contributed by atoms with van der Waals surface area (Å²) in [5.74, 6) is 0.675. The van der Waals surface area contributed by atoms with Crippen molar-refractivity contribution in [2.45, 2.75) is 105 Å². The van der Waals surface area contributed by atoms with Crippen LogP contribution >= 0.6 is 0 Å². The van der Waals surface area contributed by atoms with E-state index in [-0.39, 0.29) is 11.7 Å². The Morgan fingerprint density at radius 1 is 0.685 bits per heavy atom. The molecular weight excluding hydrogens is 718 g/mol. The highest BCUT2D eigenvalue weighted by molar-refractivity contribution is 5.91. The van der Waals surface area contributed by atoms with E-state index in [9.17, 15) is 50.8 Å². The average Bonchev–Trinajstić information content (AvgIpc) is 3.18. The van der Waals surface area contributed by atoms with Crippen LogP contribution in [0.3, 0.4) is 0 Å². The van der Waals surface area contributed by atoms with Gasteiger partial charge >= 0.3 is 0 Å². The molecule has 3 saturated heterocycles. The Morgan fingerprint density at radius 2 is 1.22 bits per heavy atom. The van der Waals surface area contributed by atoms with Crippen LogP contribution < -0.4 is 14.8 Å². The number of benzene rings is 2. The van der Waals surface area contributed by atoms with Crippen molar-refractivity contribution < 1.29 is 83.9 Å². The quantitative estimate of drug-likeness (QED) is 0.0854. The minimum Gasteiger partial charge on any atom is -0.497 e. The predicted molar refractivity (Wildman–Crippen MR) is 183 cm³/mol. The van der Waals surface area contributed by atoms with Gasteiger partial charge in [0, 0.05) is 12.6 Å². The largest absolute Gasteiger partial charge is 0.497 e. The van der Waals surface area contributed by atoms with Gasteiger partial charge in [0.2, 0.25) is 12.2 Å². The number of ether oxygens (including phenoxy) is 7. The Labute approximate surface area is 310 Å². The zero-order valence-corrected chi connectivity index (χ0v) is 29.6. The first-order valence-corrected chi connectivity index (χ1v) is 17.5. The van der Waals surface area contributed by atoms with Gasteiger partial charge < -0.3 is 84.4 Å². The lowest BCUT2D eigenvalue weighted by molar-refractivity contribution is -0.382. The van der Waals surface area contributed by atoms with Crippen LogP contribution in [0.4, 0.5) is 0 Å². The van der Waals surface area contributed by atoms with Gasteiger partial charge in [0.1, 0.15) is 72.5 Å². The molecule has 2 aromatic rings. The summed E-state index contributed by atoms with van der Waals surface area (Å²) in [4.78, 5) is 12.3. The fraction of sp³-hybridized carbons (Fsp3) is 0.583. The summed E-state index contributed by atoms with van der Waals surface area (Å²) in [5, 5.41) is 96.1. The zero-order chi connectivity index (χ0) is 39.1. The molecule has 0 spiro atoms. The van der Waals surface area contributed by atoms with Gasteiger partial charge in [0.25, 0.3) is 0 Å². The molecule has 10 N–H and O–H groups in total. The Bertz CT molecular complexity index is 1490. The number of aliphatic hydroxyl groups is 9. The molecule has 54 heavy (non-hydrogen) atoms. The SMILES string of the molecule is COc1ccc(/C=C/C(=O)NCCc2ccc(O[C@@H]3O[C@@H](C)[C@H](O)[C@@H](O[C@@H]4O[C@H](CO)[C@@H](O)[C@H](O)[C@H]4O)[C@H]3O[C@H]3O[C@@H](CO)[C@H](O)[C@@H](O)[C@@H]3O)cc2)cc1. The average molecular weight is 768 g/mol. The highest BCUT2D eigenvalue weighted by Crippen LogP contribution is 2.34. The molecule has 300 valence electrons. The van der Waals surface area contributed by atoms with Gasteiger partial charge in [-0.05, 0) is 54.8 Å². The van der Waals surface area contributed by atoms with E-state index in [1.165, 1.54) is 13.0 Å². The molecule has 3 fully saturated rings. The lowest BCUT2D eigenvalue weighted by Gasteiger charge is -2.48. The molecule has 0 radical (unpaired) electrons. The van der Waals surface area contributed by atoms with Crippen molar-refractivity contribution in [3.8, 4) is 11.5 Å². The maximum Gasteiger partial charge on any atom is 0.244 e. The monoisotopic (exact) mass is 767 g/mol. The van der Waals surface area contributed by atoms with Crippen molar-refractivity contribution >= 4 is 12.0 Å². The van der Waals surface area contributed by atoms with E-state index in [1.54, 1.807) is 49.6 Å². The summed E-state index contributed by atoms with van der Waals surface area (Å²) in [5.41, 5.74) is 1.67. The number of carbonyl (C=O) groups is 1. The molecule has 0 bridgehead atoms. The fourth-order valence-corrected chi connectivity index (χ4v) is 6.19. The number of hydrogen-bond acceptors (Lipinski definition) is 17. The van der Waals surface area contributed by atoms with Gasteiger partial charge in [-0.2, -0.15) is 0 Å². The van der Waals surface area contributed by atoms with Crippen LogP contribution in [0.1, 0.15) is 18.1 Å². The van der Waals surface area contributed by atoms with Gasteiger partial charge in [0.05, 0.1) is 26.4 Å². The van der Waals surface area contributed by atoms with E-state index in [0.717, 1.165) is 11.1 Å². The number of hydrogen-bond donors (Lipinski definition) is 10. The Hall–Kier alpha value is -3.31. The van der Waals surface area contributed by atoms with E-state index in [2.05, 4.69) is 5.32 Å². The van der Waals surface area contributed by atoms with Crippen LogP contribution in [0.25, 0.3) is 6.08 Å². The molecule has 3 heterocycles. The van der Waals surface area contributed by atoms with Crippen molar-refractivity contribution in [2.24, 2.45) is 0 Å². The zero-order valence-electron chi connectivity index (χ0n) is 29.6. The predicted octanol–water partition coefficient (Wildman–Crippen LogP) is -3.08. The minimum atomic E-state index is -1.87. The molecule has 3 aliphatic heterocycles. The third kappa shape index (κ3) is 9.91. The summed E-state index contributed by atoms with van der Waals surface area (Å²) in [7, 11) is 1.57. The van der Waals surface area contributed by atoms with Gasteiger partial charge in [-0.3, -0.25) is 4.79 Å². The summed E-state index contributed by atoms with van der Waals surface area (Å²) in [6, 6.07) is 13.9. The summed E-state index contributed by atoms with van der Waals surface area (Å²) in [6.45, 7) is 0.308. The van der Waals surface area contributed by atoms with Crippen molar-refractivity contribution in [1.82, 2.24) is 5.32 Å². The van der Waals surface area contributed by atoms with E-state index < -0.39 is 105 Å². The number of rotatable bonds is 14. The minimum absolute atomic E-state index is 0.243. The lowest BCUT2D eigenvalue weighted by Crippen LogP contribution is -2.67. The van der Waals surface area contributed by atoms with Crippen molar-refractivity contribution in [3.63, 3.8) is 0 Å². The number of amides is 1. The molecule has 18 nitrogen and oxygen atoms in total. The normalized spacial score (nSPS) is 37.2. The Kier molecular flexibility index (Phi) is 14.7. The van der Waals surface area contributed by atoms with Crippen LogP contribution in [0.2, 0.25) is 0 Å². The summed E-state index contributed by atoms with van der Waals surface area (Å²) >= 11 is 0. The van der Waals surface area contributed by atoms with E-state index >= 15 is 0 Å². The smallest absolute Gasteiger partial charge is 0.244 e. The lowest BCUT2D eigenvalue weighted by atomic mass is 9.96. The fourth-order valence-electron chi connectivity index (χ4n) is 6.19. The first-order chi connectivity index (χ1) is 25.8. The number of carbonyl (C=O) groups excluding carboxylic acids is 1. The van der Waals surface area contributed by atoms with Crippen LogP contribution in [0.5, 0.6) is 11.5 Å². The van der Waals surface area contributed by atoms with Gasteiger partial charge in [-0.1, -0.05) is 24.3 Å². The highest BCUT2D eigenvalue weighted by atomic mass is 16.8. The maximum atomic E-state index is 12.3. The molecule has 3 aliphatic rings. The molecule has 0 aromatic heterocycles. The van der Waals surface area contributed by atoms with E-state index in [4.69, 9.17) is 33.2 Å². The standard InChI is InChI=1S/C36H49NO17/c1-17-25(41)32(53-34-30(46)28(44)26(42)22(15-38)51-34)33(54-35-31(47)29(45)27(43)23(16-39)52-35)36(49-17)50-21-10-5-19(6-11-21)13-14-37-24(40)12-7-18-3-8-20(48-2)9-4-18/h3-12,17,22-23,25-36,38-39,41-47H,13-16H2,1-2H3,(H,37,40)/b12-7+/t17-,22+,23-,25-,26+,27-,28-,29+,30+,31-,32+,33+,34-,35+,36-/m0/s1. The van der Waals surface area contributed by atoms with Crippen LogP contribution in [-0.2, 0) is 34.9 Å². The van der Waals surface area contributed by atoms with Gasteiger partial charge in [0.15, 0.2) is 18.7 Å². The molecule has 1 amide bonds. The van der Waals surface area contributed by atoms with E-state index in [1.807, 2.05) is 12.1 Å². The molecule has 0 aliphatic carbocycles. The first kappa shape index (κ1) is 41.8. The number of nitrogens with one attached hydrogen (secondary N) is 1. The topological polar surface area (TPSA) is 276 Å². The second kappa shape index (κ2) is 19.0. The number of aliphatic hydroxyl groups excluding tert-OH is 9. The molecule has 5 rings (SSSR count). The Balaban J connectivity index is 1.29. The van der Waals surface area contributed by atoms with Gasteiger partial charge in [-0.15, -0.1) is 0 Å². The van der Waals surface area contributed by atoms with Crippen molar-refractivity contribution in [3.05, 3.63) is 65.7 Å².